The summed E-state index contributed by atoms with van der Waals surface area (Å²) in [7, 11) is 0. The van der Waals surface area contributed by atoms with Crippen LogP contribution in [0.25, 0.3) is 0 Å². The zero-order valence-corrected chi connectivity index (χ0v) is 11.6. The third-order valence-corrected chi connectivity index (χ3v) is 4.29. The van der Waals surface area contributed by atoms with Crippen molar-refractivity contribution in [3.63, 3.8) is 0 Å². The summed E-state index contributed by atoms with van der Waals surface area (Å²) in [5, 5.41) is 0. The smallest absolute Gasteiger partial charge is 0.231 e. The van der Waals surface area contributed by atoms with Crippen molar-refractivity contribution in [2.24, 2.45) is 0 Å². The average Bonchev–Trinajstić information content (AvgIpc) is 2.75. The number of carbonyl (C=O) groups is 1. The number of carbonyl (C=O) groups excluding carboxylic acids is 1. The number of rotatable bonds is 3. The quantitative estimate of drug-likeness (QED) is 0.807. The minimum absolute atomic E-state index is 0.278. The van der Waals surface area contributed by atoms with E-state index in [1.54, 1.807) is 0 Å². The van der Waals surface area contributed by atoms with Gasteiger partial charge >= 0.3 is 0 Å². The number of amides is 1. The first-order valence-electron chi connectivity index (χ1n) is 7.32. The lowest BCUT2D eigenvalue weighted by Gasteiger charge is -2.29. The molecule has 0 saturated carbocycles. The Morgan fingerprint density at radius 2 is 1.89 bits per heavy atom. The summed E-state index contributed by atoms with van der Waals surface area (Å²) in [5.41, 5.74) is 4.07. The van der Waals surface area contributed by atoms with Crippen LogP contribution in [0, 0.1) is 0 Å². The zero-order valence-electron chi connectivity index (χ0n) is 11.6. The lowest BCUT2D eigenvalue weighted by atomic mass is 9.96. The Kier molecular flexibility index (Phi) is 3.41. The van der Waals surface area contributed by atoms with Crippen LogP contribution in [0.15, 0.2) is 41.6 Å². The van der Waals surface area contributed by atoms with Crippen LogP contribution in [0.5, 0.6) is 0 Å². The van der Waals surface area contributed by atoms with Crippen LogP contribution in [0.4, 0.5) is 0 Å². The maximum Gasteiger partial charge on any atom is 0.231 e. The fourth-order valence-electron chi connectivity index (χ4n) is 3.41. The van der Waals surface area contributed by atoms with Gasteiger partial charge < -0.3 is 4.90 Å². The normalized spacial score (nSPS) is 20.7. The monoisotopic (exact) mass is 255 g/mol. The van der Waals surface area contributed by atoms with Crippen molar-refractivity contribution in [3.05, 3.63) is 47.2 Å². The van der Waals surface area contributed by atoms with Crippen LogP contribution >= 0.6 is 0 Å². The fraction of sp³-hybridized carbons (Fsp3) is 0.471. The van der Waals surface area contributed by atoms with Crippen molar-refractivity contribution in [1.29, 1.82) is 0 Å². The highest BCUT2D eigenvalue weighted by molar-refractivity contribution is 5.84. The Morgan fingerprint density at radius 1 is 1.16 bits per heavy atom. The van der Waals surface area contributed by atoms with Crippen LogP contribution in [0.2, 0.25) is 0 Å². The van der Waals surface area contributed by atoms with Gasteiger partial charge in [-0.15, -0.1) is 0 Å². The number of hydrogen-bond acceptors (Lipinski definition) is 1. The van der Waals surface area contributed by atoms with E-state index in [-0.39, 0.29) is 6.04 Å². The number of allylic oxidation sites excluding steroid dienone is 1. The number of benzene rings is 1. The lowest BCUT2D eigenvalue weighted by molar-refractivity contribution is -0.128. The number of hydrogen-bond donors (Lipinski definition) is 0. The van der Waals surface area contributed by atoms with Gasteiger partial charge in [-0.05, 0) is 50.2 Å². The molecule has 2 heteroatoms. The largest absolute Gasteiger partial charge is 0.313 e. The maximum atomic E-state index is 12.3. The Bertz CT molecular complexity index is 503. The Labute approximate surface area is 115 Å². The van der Waals surface area contributed by atoms with E-state index in [0.717, 1.165) is 19.3 Å². The van der Waals surface area contributed by atoms with Crippen LogP contribution in [-0.4, -0.2) is 16.8 Å². The van der Waals surface area contributed by atoms with Gasteiger partial charge in [0, 0.05) is 11.7 Å². The molecular weight excluding hydrogens is 234 g/mol. The molecule has 100 valence electrons. The molecule has 1 aliphatic heterocycles. The Hall–Kier alpha value is -1.57. The molecule has 1 amide bonds. The number of nitrogens with zero attached hydrogens (tertiary/aromatic N) is 1. The van der Waals surface area contributed by atoms with E-state index in [1.807, 2.05) is 6.07 Å². The summed E-state index contributed by atoms with van der Waals surface area (Å²) in [6, 6.07) is 10.7. The van der Waals surface area contributed by atoms with Crippen molar-refractivity contribution in [3.8, 4) is 0 Å². The molecule has 19 heavy (non-hydrogen) atoms. The van der Waals surface area contributed by atoms with Gasteiger partial charge in [-0.25, -0.2) is 0 Å². The topological polar surface area (TPSA) is 20.3 Å². The van der Waals surface area contributed by atoms with Crippen molar-refractivity contribution in [2.75, 3.05) is 0 Å². The van der Waals surface area contributed by atoms with Crippen LogP contribution in [0.3, 0.4) is 0 Å². The molecule has 0 radical (unpaired) electrons. The first kappa shape index (κ1) is 12.5. The van der Waals surface area contributed by atoms with E-state index in [0.29, 0.717) is 12.3 Å². The first-order chi connectivity index (χ1) is 9.25. The first-order valence-corrected chi connectivity index (χ1v) is 7.32. The Balaban J connectivity index is 1.77. The summed E-state index contributed by atoms with van der Waals surface area (Å²) in [4.78, 5) is 14.3. The van der Waals surface area contributed by atoms with E-state index < -0.39 is 0 Å². The van der Waals surface area contributed by atoms with Crippen molar-refractivity contribution in [1.82, 2.24) is 4.90 Å². The highest BCUT2D eigenvalue weighted by atomic mass is 16.2. The molecule has 2 aliphatic rings. The molecule has 0 saturated heterocycles. The molecule has 0 fully saturated rings. The molecule has 1 aromatic carbocycles. The molecule has 3 rings (SSSR count). The van der Waals surface area contributed by atoms with Gasteiger partial charge in [0.05, 0.1) is 6.42 Å². The summed E-state index contributed by atoms with van der Waals surface area (Å²) in [5.74, 6) is 0.315. The van der Waals surface area contributed by atoms with E-state index >= 15 is 0 Å². The molecular formula is C17H21NO. The second-order valence-corrected chi connectivity index (χ2v) is 5.74. The van der Waals surface area contributed by atoms with Crippen molar-refractivity contribution < 1.29 is 4.79 Å². The highest BCUT2D eigenvalue weighted by Crippen LogP contribution is 2.37. The molecule has 1 aliphatic carbocycles. The SMILES string of the molecule is C[C@H](Cc1ccccc1)N1C(=O)CC2=C1CCCC2. The van der Waals surface area contributed by atoms with Gasteiger partial charge in [0.1, 0.15) is 0 Å². The van der Waals surface area contributed by atoms with Gasteiger partial charge in [-0.2, -0.15) is 0 Å². The highest BCUT2D eigenvalue weighted by Gasteiger charge is 2.33. The molecule has 1 heterocycles. The standard InChI is InChI=1S/C17H21NO/c1-13(11-14-7-3-2-4-8-14)18-16-10-6-5-9-15(16)12-17(18)19/h2-4,7-8,13H,5-6,9-12H2,1H3/t13-/m1/s1. The predicted octanol–water partition coefficient (Wildman–Crippen LogP) is 3.68. The predicted molar refractivity (Wildman–Crippen MR) is 76.6 cm³/mol. The minimum Gasteiger partial charge on any atom is -0.313 e. The van der Waals surface area contributed by atoms with E-state index in [2.05, 4.69) is 36.1 Å². The van der Waals surface area contributed by atoms with Gasteiger partial charge in [0.15, 0.2) is 0 Å². The lowest BCUT2D eigenvalue weighted by Crippen LogP contribution is -2.35. The van der Waals surface area contributed by atoms with Crippen molar-refractivity contribution in [2.45, 2.75) is 51.5 Å². The molecule has 1 atom stereocenters. The van der Waals surface area contributed by atoms with Crippen LogP contribution in [-0.2, 0) is 11.2 Å². The summed E-state index contributed by atoms with van der Waals surface area (Å²) in [6.45, 7) is 2.18. The summed E-state index contributed by atoms with van der Waals surface area (Å²) in [6.07, 6.45) is 6.35. The summed E-state index contributed by atoms with van der Waals surface area (Å²) < 4.78 is 0. The molecule has 0 N–H and O–H groups in total. The molecule has 1 aromatic rings. The van der Waals surface area contributed by atoms with Crippen LogP contribution < -0.4 is 0 Å². The van der Waals surface area contributed by atoms with Gasteiger partial charge in [-0.1, -0.05) is 30.3 Å². The van der Waals surface area contributed by atoms with Gasteiger partial charge in [0.2, 0.25) is 5.91 Å². The van der Waals surface area contributed by atoms with E-state index in [9.17, 15) is 4.79 Å². The van der Waals surface area contributed by atoms with Gasteiger partial charge in [-0.3, -0.25) is 4.79 Å². The molecule has 0 bridgehead atoms. The Morgan fingerprint density at radius 3 is 2.68 bits per heavy atom. The second-order valence-electron chi connectivity index (χ2n) is 5.74. The fourth-order valence-corrected chi connectivity index (χ4v) is 3.41. The van der Waals surface area contributed by atoms with Gasteiger partial charge in [0.25, 0.3) is 0 Å². The van der Waals surface area contributed by atoms with Crippen molar-refractivity contribution >= 4 is 5.91 Å². The van der Waals surface area contributed by atoms with Crippen LogP contribution in [0.1, 0.15) is 44.6 Å². The zero-order chi connectivity index (χ0) is 13.2. The third kappa shape index (κ3) is 2.44. The molecule has 0 unspecified atom stereocenters. The minimum atomic E-state index is 0.278. The van der Waals surface area contributed by atoms with E-state index in [1.165, 1.54) is 29.7 Å². The third-order valence-electron chi connectivity index (χ3n) is 4.29. The molecule has 2 nitrogen and oxygen atoms in total. The molecule has 0 spiro atoms. The average molecular weight is 255 g/mol. The maximum absolute atomic E-state index is 12.3. The molecule has 0 aromatic heterocycles. The second kappa shape index (κ2) is 5.20. The van der Waals surface area contributed by atoms with E-state index in [4.69, 9.17) is 0 Å². The summed E-state index contributed by atoms with van der Waals surface area (Å²) >= 11 is 0.